The van der Waals surface area contributed by atoms with Crippen molar-refractivity contribution in [2.45, 2.75) is 63.6 Å². The molecule has 174 valence electrons. The van der Waals surface area contributed by atoms with Gasteiger partial charge in [-0.2, -0.15) is 10.2 Å². The average Bonchev–Trinajstić information content (AvgIpc) is 3.38. The number of rotatable bonds is 3. The number of fused-ring (bicyclic) bond motifs is 3. The fourth-order valence-electron chi connectivity index (χ4n) is 7.32. The van der Waals surface area contributed by atoms with Crippen LogP contribution < -0.4 is 10.4 Å². The Morgan fingerprint density at radius 3 is 2.73 bits per heavy atom. The molecule has 2 heterocycles. The van der Waals surface area contributed by atoms with Crippen LogP contribution in [-0.2, 0) is 26.1 Å². The second-order valence-corrected chi connectivity index (χ2v) is 10.5. The van der Waals surface area contributed by atoms with Gasteiger partial charge in [0.05, 0.1) is 23.8 Å². The molecule has 0 radical (unpaired) electrons. The molecule has 2 unspecified atom stereocenters. The summed E-state index contributed by atoms with van der Waals surface area (Å²) >= 11 is 0. The van der Waals surface area contributed by atoms with Gasteiger partial charge in [-0.1, -0.05) is 19.9 Å². The van der Waals surface area contributed by atoms with Crippen LogP contribution in [0.3, 0.4) is 0 Å². The third kappa shape index (κ3) is 3.16. The van der Waals surface area contributed by atoms with Crippen LogP contribution in [0, 0.1) is 28.6 Å². The number of guanidine groups is 1. The highest BCUT2D eigenvalue weighted by Gasteiger charge is 2.68. The number of hydrogen-bond acceptors (Lipinski definition) is 5. The van der Waals surface area contributed by atoms with Gasteiger partial charge < -0.3 is 9.47 Å². The number of nitrogens with zero attached hydrogens (tertiary/aromatic N) is 3. The zero-order valence-corrected chi connectivity index (χ0v) is 19.7. The van der Waals surface area contributed by atoms with Crippen molar-refractivity contribution in [3.63, 3.8) is 0 Å². The molecule has 1 saturated heterocycles. The fourth-order valence-corrected chi connectivity index (χ4v) is 7.32. The number of hydrogen-bond donors (Lipinski definition) is 1. The third-order valence-corrected chi connectivity index (χ3v) is 8.51. The van der Waals surface area contributed by atoms with Crippen molar-refractivity contribution < 1.29 is 14.3 Å². The van der Waals surface area contributed by atoms with Gasteiger partial charge in [-0.15, -0.1) is 0 Å². The zero-order chi connectivity index (χ0) is 23.4. The summed E-state index contributed by atoms with van der Waals surface area (Å²) in [5.74, 6) is 0.773. The molecule has 2 fully saturated rings. The lowest BCUT2D eigenvalue weighted by atomic mass is 9.52. The summed E-state index contributed by atoms with van der Waals surface area (Å²) in [7, 11) is 1.78. The molecule has 0 bridgehead atoms. The Morgan fingerprint density at radius 1 is 1.33 bits per heavy atom. The molecule has 6 atom stereocenters. The Morgan fingerprint density at radius 2 is 2.09 bits per heavy atom. The molecule has 0 aromatic heterocycles. The Labute approximate surface area is 195 Å². The normalized spacial score (nSPS) is 37.5. The first-order chi connectivity index (χ1) is 15.8. The first kappa shape index (κ1) is 22.2. The van der Waals surface area contributed by atoms with Crippen LogP contribution in [0.25, 0.3) is 0 Å². The maximum Gasteiger partial charge on any atom is 0.445 e. The van der Waals surface area contributed by atoms with E-state index in [0.29, 0.717) is 18.7 Å². The molecule has 2 spiro atoms. The van der Waals surface area contributed by atoms with Crippen LogP contribution >= 0.6 is 0 Å². The van der Waals surface area contributed by atoms with E-state index in [2.05, 4.69) is 24.6 Å². The topological polar surface area (TPSA) is 103 Å². The molecule has 4 aliphatic rings. The molecule has 2 aliphatic heterocycles. The van der Waals surface area contributed by atoms with E-state index >= 15 is 0 Å². The van der Waals surface area contributed by atoms with Gasteiger partial charge in [-0.25, -0.2) is 4.67 Å². The molecule has 1 saturated carbocycles. The van der Waals surface area contributed by atoms with Crippen LogP contribution in [0.2, 0.25) is 0 Å². The van der Waals surface area contributed by atoms with Gasteiger partial charge in [0.25, 0.3) is 0 Å². The highest BCUT2D eigenvalue weighted by molar-refractivity contribution is 6.15. The molecule has 7 heteroatoms. The molecule has 33 heavy (non-hydrogen) atoms. The number of carbonyl (C=O) groups excluding carboxylic acids is 1. The third-order valence-electron chi connectivity index (χ3n) is 8.51. The summed E-state index contributed by atoms with van der Waals surface area (Å²) in [6.07, 6.45) is 6.31. The molecule has 7 nitrogen and oxygen atoms in total. The summed E-state index contributed by atoms with van der Waals surface area (Å²) in [5, 5.41) is 9.62. The number of ether oxygens (including phenoxy) is 2. The maximum atomic E-state index is 14.5. The van der Waals surface area contributed by atoms with E-state index in [1.165, 1.54) is 0 Å². The SMILES string of the molecule is COC1[C@H](C)CC2(Cc3ccc(C#N)cc3[C@]23C=[N+]=C(N)N(C[C@@H]2CCCO2)C3=O)C[C@@H]1C. The number of carbonyl (C=O) groups is 1. The fraction of sp³-hybridized carbons (Fsp3) is 0.615. The molecule has 1 aromatic rings. The van der Waals surface area contributed by atoms with Crippen LogP contribution in [0.15, 0.2) is 18.2 Å². The lowest BCUT2D eigenvalue weighted by Crippen LogP contribution is -2.65. The minimum absolute atomic E-state index is 0.0257. The molecule has 2 N–H and O–H groups in total. The summed E-state index contributed by atoms with van der Waals surface area (Å²) in [6.45, 7) is 5.57. The van der Waals surface area contributed by atoms with Gasteiger partial charge in [0.15, 0.2) is 11.6 Å². The number of nitriles is 1. The van der Waals surface area contributed by atoms with Gasteiger partial charge in [-0.05, 0) is 67.2 Å². The highest BCUT2D eigenvalue weighted by Crippen LogP contribution is 2.61. The zero-order valence-electron chi connectivity index (χ0n) is 19.7. The van der Waals surface area contributed by atoms with Crippen molar-refractivity contribution in [1.82, 2.24) is 9.57 Å². The average molecular weight is 450 g/mol. The quantitative estimate of drug-likeness (QED) is 0.710. The van der Waals surface area contributed by atoms with Gasteiger partial charge in [-0.3, -0.25) is 10.5 Å². The van der Waals surface area contributed by atoms with Crippen LogP contribution in [0.5, 0.6) is 0 Å². The summed E-state index contributed by atoms with van der Waals surface area (Å²) in [4.78, 5) is 16.2. The van der Waals surface area contributed by atoms with E-state index in [1.54, 1.807) is 18.2 Å². The predicted octanol–water partition coefficient (Wildman–Crippen LogP) is 1.89. The summed E-state index contributed by atoms with van der Waals surface area (Å²) in [5.41, 5.74) is 7.60. The molecule has 5 rings (SSSR count). The predicted molar refractivity (Wildman–Crippen MR) is 125 cm³/mol. The Kier molecular flexibility index (Phi) is 5.36. The van der Waals surface area contributed by atoms with Gasteiger partial charge >= 0.3 is 11.9 Å². The molecule has 1 amide bonds. The van der Waals surface area contributed by atoms with Crippen LogP contribution in [0.4, 0.5) is 0 Å². The summed E-state index contributed by atoms with van der Waals surface area (Å²) < 4.78 is 16.3. The highest BCUT2D eigenvalue weighted by atomic mass is 16.5. The lowest BCUT2D eigenvalue weighted by molar-refractivity contribution is -0.141. The number of amides is 1. The number of benzene rings is 1. The number of methoxy groups -OCH3 is 1. The standard InChI is InChI=1S/C26H32N4O3/c1-16-10-25(11-17(2)22(16)32-3)12-19-7-6-18(13-27)9-21(19)26(25)15-29-24(28)30(23(26)31)14-20-5-4-8-33-20/h6-7,9,15-17,20,22,28H,4-5,8,10-12,14H2,1-3H3/p+1/t16-,17+,20-,22?,25?,26-/m0/s1. The van der Waals surface area contributed by atoms with E-state index < -0.39 is 5.41 Å². The van der Waals surface area contributed by atoms with Crippen molar-refractivity contribution in [1.29, 1.82) is 5.26 Å². The van der Waals surface area contributed by atoms with Gasteiger partial charge in [0.1, 0.15) is 6.54 Å². The minimum Gasteiger partial charge on any atom is -0.381 e. The van der Waals surface area contributed by atoms with Crippen molar-refractivity contribution in [3.05, 3.63) is 34.9 Å². The minimum atomic E-state index is -0.947. The molecule has 1 aromatic carbocycles. The second-order valence-electron chi connectivity index (χ2n) is 10.5. The van der Waals surface area contributed by atoms with Crippen molar-refractivity contribution in [2.75, 3.05) is 20.3 Å². The monoisotopic (exact) mass is 449 g/mol. The molecular formula is C26H33N4O3+. The van der Waals surface area contributed by atoms with E-state index in [4.69, 9.17) is 15.2 Å². The first-order valence-corrected chi connectivity index (χ1v) is 12.0. The largest absolute Gasteiger partial charge is 0.445 e. The Bertz CT molecular complexity index is 1070. The van der Waals surface area contributed by atoms with Crippen LogP contribution in [0.1, 0.15) is 56.2 Å². The second kappa shape index (κ2) is 7.99. The smallest absolute Gasteiger partial charge is 0.381 e. The van der Waals surface area contributed by atoms with Gasteiger partial charge in [0, 0.05) is 19.1 Å². The van der Waals surface area contributed by atoms with Crippen molar-refractivity contribution >= 4 is 18.1 Å². The summed E-state index contributed by atoms with van der Waals surface area (Å²) in [6, 6.07) is 8.04. The molecular weight excluding hydrogens is 416 g/mol. The van der Waals surface area contributed by atoms with Crippen LogP contribution in [-0.4, -0.2) is 55.5 Å². The molecule has 2 aliphatic carbocycles. The Hall–Kier alpha value is -2.65. The van der Waals surface area contributed by atoms with Gasteiger partial charge in [0.2, 0.25) is 0 Å². The van der Waals surface area contributed by atoms with E-state index in [-0.39, 0.29) is 41.3 Å². The van der Waals surface area contributed by atoms with Crippen molar-refractivity contribution in [3.8, 4) is 6.07 Å². The lowest BCUT2D eigenvalue weighted by Gasteiger charge is -2.51. The first-order valence-electron chi connectivity index (χ1n) is 12.0. The maximum absolute atomic E-state index is 14.5. The van der Waals surface area contributed by atoms with E-state index in [9.17, 15) is 10.1 Å². The number of nitrogens with two attached hydrogens (primary N) is 1. The van der Waals surface area contributed by atoms with Crippen molar-refractivity contribution in [2.24, 2.45) is 23.0 Å². The van der Waals surface area contributed by atoms with E-state index in [1.807, 2.05) is 18.2 Å². The Balaban J connectivity index is 1.67. The van der Waals surface area contributed by atoms with E-state index in [0.717, 1.165) is 43.2 Å².